The standard InChI is InChI=1S/C21H20ClN3O2/c1-14-3-7-17(8-4-14)21-24-15(2)11-20(25-21)27-13-19(26)23-12-16-5-9-18(22)10-6-16/h3-11H,12-13H2,1-2H3,(H,23,26). The highest BCUT2D eigenvalue weighted by molar-refractivity contribution is 6.30. The molecule has 2 aromatic carbocycles. The molecule has 1 N–H and O–H groups in total. The molecule has 0 aliphatic heterocycles. The van der Waals surface area contributed by atoms with Crippen LogP contribution in [0.25, 0.3) is 11.4 Å². The van der Waals surface area contributed by atoms with Crippen LogP contribution in [-0.4, -0.2) is 22.5 Å². The van der Waals surface area contributed by atoms with Gasteiger partial charge in [-0.15, -0.1) is 0 Å². The highest BCUT2D eigenvalue weighted by Crippen LogP contribution is 2.19. The van der Waals surface area contributed by atoms with Gasteiger partial charge in [-0.25, -0.2) is 4.98 Å². The minimum atomic E-state index is -0.224. The van der Waals surface area contributed by atoms with E-state index in [0.29, 0.717) is 23.3 Å². The largest absolute Gasteiger partial charge is 0.467 e. The van der Waals surface area contributed by atoms with Crippen molar-refractivity contribution in [2.24, 2.45) is 0 Å². The summed E-state index contributed by atoms with van der Waals surface area (Å²) in [6.07, 6.45) is 0. The molecule has 0 saturated carbocycles. The number of carbonyl (C=O) groups excluding carboxylic acids is 1. The van der Waals surface area contributed by atoms with Crippen molar-refractivity contribution in [2.75, 3.05) is 6.61 Å². The Morgan fingerprint density at radius 3 is 2.44 bits per heavy atom. The molecule has 1 heterocycles. The number of carbonyl (C=O) groups is 1. The normalized spacial score (nSPS) is 10.5. The second kappa shape index (κ2) is 8.64. The zero-order chi connectivity index (χ0) is 19.2. The van der Waals surface area contributed by atoms with E-state index in [1.165, 1.54) is 5.56 Å². The van der Waals surface area contributed by atoms with Crippen LogP contribution in [0.3, 0.4) is 0 Å². The number of aryl methyl sites for hydroxylation is 2. The molecule has 0 saturated heterocycles. The maximum Gasteiger partial charge on any atom is 0.258 e. The average molecular weight is 382 g/mol. The molecule has 138 valence electrons. The molecule has 0 fully saturated rings. The maximum atomic E-state index is 12.0. The molecule has 0 radical (unpaired) electrons. The first-order valence-corrected chi connectivity index (χ1v) is 8.94. The molecule has 1 amide bonds. The molecule has 0 aliphatic carbocycles. The quantitative estimate of drug-likeness (QED) is 0.697. The van der Waals surface area contributed by atoms with Crippen LogP contribution in [0.15, 0.2) is 54.6 Å². The van der Waals surface area contributed by atoms with E-state index in [-0.39, 0.29) is 12.5 Å². The fourth-order valence-electron chi connectivity index (χ4n) is 2.44. The molecular formula is C21H20ClN3O2. The Hall–Kier alpha value is -2.92. The van der Waals surface area contributed by atoms with Gasteiger partial charge in [-0.3, -0.25) is 4.79 Å². The predicted octanol–water partition coefficient (Wildman–Crippen LogP) is 4.11. The Bertz CT molecular complexity index is 925. The van der Waals surface area contributed by atoms with Gasteiger partial charge in [-0.2, -0.15) is 4.98 Å². The monoisotopic (exact) mass is 381 g/mol. The topological polar surface area (TPSA) is 64.1 Å². The summed E-state index contributed by atoms with van der Waals surface area (Å²) in [6.45, 7) is 4.19. The summed E-state index contributed by atoms with van der Waals surface area (Å²) in [7, 11) is 0. The molecule has 1 aromatic heterocycles. The van der Waals surface area contributed by atoms with Crippen LogP contribution in [0.4, 0.5) is 0 Å². The van der Waals surface area contributed by atoms with Crippen molar-refractivity contribution in [3.05, 3.63) is 76.4 Å². The molecule has 0 spiro atoms. The fraction of sp³-hybridized carbons (Fsp3) is 0.190. The van der Waals surface area contributed by atoms with Gasteiger partial charge < -0.3 is 10.1 Å². The molecule has 0 bridgehead atoms. The van der Waals surface area contributed by atoms with Crippen LogP contribution in [-0.2, 0) is 11.3 Å². The van der Waals surface area contributed by atoms with Gasteiger partial charge in [0.2, 0.25) is 5.88 Å². The van der Waals surface area contributed by atoms with E-state index in [4.69, 9.17) is 16.3 Å². The van der Waals surface area contributed by atoms with Gasteiger partial charge in [0.25, 0.3) is 5.91 Å². The first kappa shape index (κ1) is 18.9. The summed E-state index contributed by atoms with van der Waals surface area (Å²) in [4.78, 5) is 20.9. The van der Waals surface area contributed by atoms with Crippen molar-refractivity contribution in [1.82, 2.24) is 15.3 Å². The third-order valence-electron chi connectivity index (χ3n) is 3.89. The van der Waals surface area contributed by atoms with Gasteiger partial charge >= 0.3 is 0 Å². The molecule has 5 nitrogen and oxygen atoms in total. The third kappa shape index (κ3) is 5.53. The average Bonchev–Trinajstić information content (AvgIpc) is 2.66. The van der Waals surface area contributed by atoms with Crippen LogP contribution < -0.4 is 10.1 Å². The highest BCUT2D eigenvalue weighted by Gasteiger charge is 2.08. The summed E-state index contributed by atoms with van der Waals surface area (Å²) in [5.41, 5.74) is 3.81. The maximum absolute atomic E-state index is 12.0. The summed E-state index contributed by atoms with van der Waals surface area (Å²) in [5.74, 6) is 0.726. The Balaban J connectivity index is 1.59. The van der Waals surface area contributed by atoms with Gasteiger partial charge in [0.1, 0.15) is 0 Å². The van der Waals surface area contributed by atoms with Gasteiger partial charge in [0, 0.05) is 28.9 Å². The Morgan fingerprint density at radius 2 is 1.74 bits per heavy atom. The molecule has 0 atom stereocenters. The number of benzene rings is 2. The number of ether oxygens (including phenoxy) is 1. The minimum Gasteiger partial charge on any atom is -0.467 e. The first-order valence-electron chi connectivity index (χ1n) is 8.56. The van der Waals surface area contributed by atoms with E-state index >= 15 is 0 Å². The summed E-state index contributed by atoms with van der Waals surface area (Å²) in [5, 5.41) is 3.47. The van der Waals surface area contributed by atoms with Crippen molar-refractivity contribution in [3.8, 4) is 17.3 Å². The van der Waals surface area contributed by atoms with Crippen LogP contribution in [0, 0.1) is 13.8 Å². The third-order valence-corrected chi connectivity index (χ3v) is 4.15. The Morgan fingerprint density at radius 1 is 1.04 bits per heavy atom. The summed E-state index contributed by atoms with van der Waals surface area (Å²) >= 11 is 5.85. The van der Waals surface area contributed by atoms with Crippen molar-refractivity contribution in [2.45, 2.75) is 20.4 Å². The zero-order valence-electron chi connectivity index (χ0n) is 15.2. The van der Waals surface area contributed by atoms with Crippen molar-refractivity contribution < 1.29 is 9.53 Å². The molecule has 0 unspecified atom stereocenters. The van der Waals surface area contributed by atoms with Gasteiger partial charge in [0.15, 0.2) is 12.4 Å². The van der Waals surface area contributed by atoms with Crippen molar-refractivity contribution in [1.29, 1.82) is 0 Å². The van der Waals surface area contributed by atoms with Crippen LogP contribution in [0.2, 0.25) is 5.02 Å². The molecule has 6 heteroatoms. The van der Waals surface area contributed by atoms with Gasteiger partial charge in [-0.05, 0) is 31.5 Å². The molecule has 0 aliphatic rings. The second-order valence-corrected chi connectivity index (χ2v) is 6.67. The molecule has 3 aromatic rings. The number of hydrogen-bond acceptors (Lipinski definition) is 4. The smallest absolute Gasteiger partial charge is 0.258 e. The van der Waals surface area contributed by atoms with E-state index in [1.807, 2.05) is 50.2 Å². The minimum absolute atomic E-state index is 0.114. The lowest BCUT2D eigenvalue weighted by atomic mass is 10.1. The number of nitrogens with one attached hydrogen (secondary N) is 1. The number of rotatable bonds is 6. The van der Waals surface area contributed by atoms with Crippen molar-refractivity contribution >= 4 is 17.5 Å². The van der Waals surface area contributed by atoms with E-state index in [2.05, 4.69) is 15.3 Å². The lowest BCUT2D eigenvalue weighted by molar-refractivity contribution is -0.123. The SMILES string of the molecule is Cc1ccc(-c2nc(C)cc(OCC(=O)NCc3ccc(Cl)cc3)n2)cc1. The summed E-state index contributed by atoms with van der Waals surface area (Å²) < 4.78 is 5.56. The summed E-state index contributed by atoms with van der Waals surface area (Å²) in [6, 6.07) is 17.0. The number of nitrogens with zero attached hydrogens (tertiary/aromatic N) is 2. The van der Waals surface area contributed by atoms with E-state index < -0.39 is 0 Å². The van der Waals surface area contributed by atoms with E-state index in [9.17, 15) is 4.79 Å². The highest BCUT2D eigenvalue weighted by atomic mass is 35.5. The van der Waals surface area contributed by atoms with E-state index in [1.54, 1.807) is 18.2 Å². The number of aromatic nitrogens is 2. The van der Waals surface area contributed by atoms with E-state index in [0.717, 1.165) is 16.8 Å². The Labute approximate surface area is 163 Å². The first-order chi connectivity index (χ1) is 13.0. The van der Waals surface area contributed by atoms with Crippen molar-refractivity contribution in [3.63, 3.8) is 0 Å². The number of amides is 1. The second-order valence-electron chi connectivity index (χ2n) is 6.23. The molecular weight excluding hydrogens is 362 g/mol. The molecule has 3 rings (SSSR count). The Kier molecular flexibility index (Phi) is 6.04. The lowest BCUT2D eigenvalue weighted by Crippen LogP contribution is -2.28. The molecule has 27 heavy (non-hydrogen) atoms. The zero-order valence-corrected chi connectivity index (χ0v) is 16.0. The predicted molar refractivity (Wildman–Crippen MR) is 106 cm³/mol. The van der Waals surface area contributed by atoms with Gasteiger partial charge in [0.05, 0.1) is 0 Å². The van der Waals surface area contributed by atoms with Crippen LogP contribution in [0.5, 0.6) is 5.88 Å². The van der Waals surface area contributed by atoms with Crippen LogP contribution in [0.1, 0.15) is 16.8 Å². The number of hydrogen-bond donors (Lipinski definition) is 1. The van der Waals surface area contributed by atoms with Crippen LogP contribution >= 0.6 is 11.6 Å². The van der Waals surface area contributed by atoms with Gasteiger partial charge in [-0.1, -0.05) is 53.6 Å². The number of halogens is 1. The fourth-order valence-corrected chi connectivity index (χ4v) is 2.56. The lowest BCUT2D eigenvalue weighted by Gasteiger charge is -2.09.